The van der Waals surface area contributed by atoms with Gasteiger partial charge < -0.3 is 15.2 Å². The van der Waals surface area contributed by atoms with E-state index in [4.69, 9.17) is 17.3 Å². The van der Waals surface area contributed by atoms with Crippen molar-refractivity contribution in [1.29, 1.82) is 0 Å². The molecule has 1 amide bonds. The second-order valence-corrected chi connectivity index (χ2v) is 6.89. The molecule has 2 aliphatic rings. The van der Waals surface area contributed by atoms with Gasteiger partial charge in [-0.25, -0.2) is 4.98 Å². The molecule has 124 valence electrons. The molecule has 2 atom stereocenters. The van der Waals surface area contributed by atoms with Gasteiger partial charge in [0.2, 0.25) is 0 Å². The molecular formula is C17H17ClN4O2. The zero-order valence-electron chi connectivity index (χ0n) is 13.0. The summed E-state index contributed by atoms with van der Waals surface area (Å²) in [6.45, 7) is 1.86. The normalized spacial score (nSPS) is 22.1. The van der Waals surface area contributed by atoms with Gasteiger partial charge in [-0.05, 0) is 24.5 Å². The van der Waals surface area contributed by atoms with Crippen LogP contribution in [-0.4, -0.2) is 33.4 Å². The van der Waals surface area contributed by atoms with Crippen LogP contribution in [0.5, 0.6) is 0 Å². The number of amides is 1. The van der Waals surface area contributed by atoms with Crippen LogP contribution in [0.25, 0.3) is 0 Å². The summed E-state index contributed by atoms with van der Waals surface area (Å²) in [4.78, 5) is 30.6. The number of nitrogens with two attached hydrogens (primary N) is 1. The Kier molecular flexibility index (Phi) is 3.57. The number of carbonyl (C=O) groups excluding carboxylic acids is 1. The van der Waals surface area contributed by atoms with Gasteiger partial charge in [0.15, 0.2) is 0 Å². The molecule has 6 nitrogen and oxygen atoms in total. The number of hydrogen-bond acceptors (Lipinski definition) is 4. The number of aromatic nitrogens is 2. The van der Waals surface area contributed by atoms with Crippen LogP contribution in [0.2, 0.25) is 5.15 Å². The number of fused-ring (bicyclic) bond motifs is 4. The van der Waals surface area contributed by atoms with Gasteiger partial charge in [0.1, 0.15) is 5.15 Å². The lowest BCUT2D eigenvalue weighted by Gasteiger charge is -2.42. The molecule has 2 aromatic rings. The largest absolute Gasteiger partial charge is 0.397 e. The fourth-order valence-electron chi connectivity index (χ4n) is 3.86. The third-order valence-electron chi connectivity index (χ3n) is 4.90. The number of nitrogen functional groups attached to an aromatic ring is 1. The van der Waals surface area contributed by atoms with Crippen molar-refractivity contribution < 1.29 is 4.79 Å². The second-order valence-electron chi connectivity index (χ2n) is 6.50. The molecule has 2 aromatic heterocycles. The van der Waals surface area contributed by atoms with Crippen LogP contribution in [0.1, 0.15) is 28.4 Å². The predicted molar refractivity (Wildman–Crippen MR) is 91.1 cm³/mol. The Morgan fingerprint density at radius 1 is 1.29 bits per heavy atom. The monoisotopic (exact) mass is 344 g/mol. The molecule has 0 saturated carbocycles. The first-order valence-electron chi connectivity index (χ1n) is 7.93. The third kappa shape index (κ3) is 2.47. The number of anilines is 1. The fraction of sp³-hybridized carbons (Fsp3) is 0.353. The highest BCUT2D eigenvalue weighted by Crippen LogP contribution is 2.35. The summed E-state index contributed by atoms with van der Waals surface area (Å²) in [5.74, 6) is 0.325. The predicted octanol–water partition coefficient (Wildman–Crippen LogP) is 1.74. The minimum Gasteiger partial charge on any atom is -0.397 e. The minimum absolute atomic E-state index is 0.0344. The van der Waals surface area contributed by atoms with E-state index in [0.717, 1.165) is 12.1 Å². The van der Waals surface area contributed by atoms with Crippen LogP contribution < -0.4 is 11.3 Å². The van der Waals surface area contributed by atoms with Gasteiger partial charge >= 0.3 is 0 Å². The number of pyridine rings is 2. The maximum absolute atomic E-state index is 12.9. The fourth-order valence-corrected chi connectivity index (χ4v) is 4.02. The first-order valence-corrected chi connectivity index (χ1v) is 8.31. The Labute approximate surface area is 143 Å². The summed E-state index contributed by atoms with van der Waals surface area (Å²) in [7, 11) is 0. The number of nitrogens with zero attached hydrogens (tertiary/aromatic N) is 3. The molecule has 1 fully saturated rings. The van der Waals surface area contributed by atoms with Gasteiger partial charge in [0, 0.05) is 37.3 Å². The first kappa shape index (κ1) is 15.2. The quantitative estimate of drug-likeness (QED) is 0.799. The van der Waals surface area contributed by atoms with Crippen molar-refractivity contribution in [3.05, 3.63) is 57.2 Å². The van der Waals surface area contributed by atoms with Gasteiger partial charge in [-0.15, -0.1) is 0 Å². The molecule has 0 aliphatic carbocycles. The Balaban J connectivity index is 1.65. The van der Waals surface area contributed by atoms with Crippen LogP contribution in [-0.2, 0) is 6.54 Å². The number of piperidine rings is 1. The van der Waals surface area contributed by atoms with Crippen molar-refractivity contribution in [3.8, 4) is 0 Å². The van der Waals surface area contributed by atoms with E-state index in [-0.39, 0.29) is 28.5 Å². The average Bonchev–Trinajstić information content (AvgIpc) is 2.57. The molecule has 24 heavy (non-hydrogen) atoms. The topological polar surface area (TPSA) is 81.2 Å². The molecule has 0 radical (unpaired) electrons. The Hall–Kier alpha value is -2.34. The number of rotatable bonds is 1. The van der Waals surface area contributed by atoms with Crippen LogP contribution in [0.3, 0.4) is 0 Å². The first-order chi connectivity index (χ1) is 11.5. The summed E-state index contributed by atoms with van der Waals surface area (Å²) in [5, 5.41) is 0.252. The van der Waals surface area contributed by atoms with Crippen molar-refractivity contribution >= 4 is 23.2 Å². The standard InChI is InChI=1S/C17H17ClN4O2/c18-15-5-12(13(19)6-20-15)17(24)21-7-10-4-11(9-21)14-2-1-3-16(23)22(14)8-10/h1-3,5-6,10-11H,4,7-9,19H2/t10-,11+/m0/s1. The van der Waals surface area contributed by atoms with E-state index < -0.39 is 0 Å². The van der Waals surface area contributed by atoms with Crippen LogP contribution in [0.4, 0.5) is 5.69 Å². The van der Waals surface area contributed by atoms with E-state index >= 15 is 0 Å². The Morgan fingerprint density at radius 2 is 2.12 bits per heavy atom. The van der Waals surface area contributed by atoms with Gasteiger partial charge in [0.25, 0.3) is 11.5 Å². The van der Waals surface area contributed by atoms with E-state index in [0.29, 0.717) is 30.9 Å². The summed E-state index contributed by atoms with van der Waals surface area (Å²) < 4.78 is 1.85. The van der Waals surface area contributed by atoms with Crippen molar-refractivity contribution in [1.82, 2.24) is 14.5 Å². The molecule has 4 heterocycles. The molecule has 7 heteroatoms. The second kappa shape index (κ2) is 5.63. The molecule has 2 aliphatic heterocycles. The molecule has 2 N–H and O–H groups in total. The molecular weight excluding hydrogens is 328 g/mol. The molecule has 0 unspecified atom stereocenters. The van der Waals surface area contributed by atoms with E-state index in [1.165, 1.54) is 12.3 Å². The van der Waals surface area contributed by atoms with Crippen LogP contribution in [0.15, 0.2) is 35.3 Å². The van der Waals surface area contributed by atoms with Crippen molar-refractivity contribution in [2.45, 2.75) is 18.9 Å². The number of hydrogen-bond donors (Lipinski definition) is 1. The van der Waals surface area contributed by atoms with Gasteiger partial charge in [-0.3, -0.25) is 9.59 Å². The minimum atomic E-state index is -0.127. The zero-order chi connectivity index (χ0) is 16.8. The smallest absolute Gasteiger partial charge is 0.256 e. The molecule has 2 bridgehead atoms. The molecule has 0 spiro atoms. The highest BCUT2D eigenvalue weighted by molar-refractivity contribution is 6.29. The molecule has 1 saturated heterocycles. The summed E-state index contributed by atoms with van der Waals surface area (Å²) in [5.41, 5.74) is 7.66. The molecule has 0 aromatic carbocycles. The maximum atomic E-state index is 12.9. The van der Waals surface area contributed by atoms with Gasteiger partial charge in [-0.2, -0.15) is 0 Å². The highest BCUT2D eigenvalue weighted by atomic mass is 35.5. The summed E-state index contributed by atoms with van der Waals surface area (Å²) >= 11 is 5.90. The van der Waals surface area contributed by atoms with E-state index in [2.05, 4.69) is 4.98 Å². The van der Waals surface area contributed by atoms with Crippen molar-refractivity contribution in [2.24, 2.45) is 5.92 Å². The van der Waals surface area contributed by atoms with Gasteiger partial charge in [0.05, 0.1) is 17.4 Å². The van der Waals surface area contributed by atoms with Crippen LogP contribution in [0, 0.1) is 5.92 Å². The van der Waals surface area contributed by atoms with Gasteiger partial charge in [-0.1, -0.05) is 17.7 Å². The van der Waals surface area contributed by atoms with Crippen molar-refractivity contribution in [2.75, 3.05) is 18.8 Å². The summed E-state index contributed by atoms with van der Waals surface area (Å²) in [6, 6.07) is 6.87. The third-order valence-corrected chi connectivity index (χ3v) is 5.11. The van der Waals surface area contributed by atoms with E-state index in [9.17, 15) is 9.59 Å². The molecule has 4 rings (SSSR count). The highest BCUT2D eigenvalue weighted by Gasteiger charge is 2.36. The van der Waals surface area contributed by atoms with Crippen LogP contribution >= 0.6 is 11.6 Å². The average molecular weight is 345 g/mol. The van der Waals surface area contributed by atoms with E-state index in [1.807, 2.05) is 15.5 Å². The summed E-state index contributed by atoms with van der Waals surface area (Å²) in [6.07, 6.45) is 2.41. The Bertz CT molecular complexity index is 879. The van der Waals surface area contributed by atoms with E-state index in [1.54, 1.807) is 12.1 Å². The lowest BCUT2D eigenvalue weighted by atomic mass is 9.83. The lowest BCUT2D eigenvalue weighted by Crippen LogP contribution is -2.49. The van der Waals surface area contributed by atoms with Crippen molar-refractivity contribution in [3.63, 3.8) is 0 Å². The number of halogens is 1. The Morgan fingerprint density at radius 3 is 2.96 bits per heavy atom. The number of carbonyl (C=O) groups is 1. The lowest BCUT2D eigenvalue weighted by molar-refractivity contribution is 0.0595. The number of likely N-dealkylation sites (tertiary alicyclic amines) is 1. The zero-order valence-corrected chi connectivity index (χ0v) is 13.7. The SMILES string of the molecule is Nc1cnc(Cl)cc1C(=O)N1C[C@@H]2C[C@H](C1)c1cccc(=O)n1C2. The maximum Gasteiger partial charge on any atom is 0.256 e.